The Hall–Kier alpha value is -1.64. The van der Waals surface area contributed by atoms with Gasteiger partial charge in [0.25, 0.3) is 5.91 Å². The molecular formula is C20H29ClN2O5S. The van der Waals surface area contributed by atoms with Gasteiger partial charge in [0, 0.05) is 19.1 Å². The minimum absolute atomic E-state index is 0.0435. The molecule has 162 valence electrons. The highest BCUT2D eigenvalue weighted by molar-refractivity contribution is 7.89. The zero-order valence-corrected chi connectivity index (χ0v) is 18.7. The van der Waals surface area contributed by atoms with Crippen molar-refractivity contribution in [3.8, 4) is 0 Å². The minimum atomic E-state index is -3.74. The minimum Gasteiger partial charge on any atom is -0.452 e. The predicted octanol–water partition coefficient (Wildman–Crippen LogP) is 3.22. The fraction of sp³-hybridized carbons (Fsp3) is 0.600. The molecule has 0 aliphatic heterocycles. The molecule has 7 nitrogen and oxygen atoms in total. The Morgan fingerprint density at radius 2 is 1.86 bits per heavy atom. The van der Waals surface area contributed by atoms with Crippen molar-refractivity contribution in [1.82, 2.24) is 9.62 Å². The maximum Gasteiger partial charge on any atom is 0.340 e. The molecule has 1 aliphatic rings. The van der Waals surface area contributed by atoms with E-state index in [0.717, 1.165) is 25.7 Å². The molecule has 0 heterocycles. The van der Waals surface area contributed by atoms with E-state index in [1.54, 1.807) is 13.8 Å². The molecule has 0 aromatic heterocycles. The number of ether oxygens (including phenoxy) is 1. The second-order valence-corrected chi connectivity index (χ2v) is 9.59. The third kappa shape index (κ3) is 5.93. The highest BCUT2D eigenvalue weighted by Crippen LogP contribution is 2.25. The van der Waals surface area contributed by atoms with Crippen molar-refractivity contribution >= 4 is 33.5 Å². The highest BCUT2D eigenvalue weighted by atomic mass is 35.5. The molecule has 1 N–H and O–H groups in total. The smallest absolute Gasteiger partial charge is 0.340 e. The number of nitrogens with one attached hydrogen (secondary N) is 1. The van der Waals surface area contributed by atoms with Gasteiger partial charge in [0.1, 0.15) is 0 Å². The van der Waals surface area contributed by atoms with E-state index in [2.05, 4.69) is 12.2 Å². The summed E-state index contributed by atoms with van der Waals surface area (Å²) >= 11 is 6.07. The van der Waals surface area contributed by atoms with Crippen LogP contribution in [0.5, 0.6) is 0 Å². The number of amides is 1. The number of sulfonamides is 1. The molecule has 2 rings (SSSR count). The molecule has 1 saturated carbocycles. The second-order valence-electron chi connectivity index (χ2n) is 7.24. The van der Waals surface area contributed by atoms with Gasteiger partial charge in [-0.05, 0) is 37.0 Å². The molecule has 0 saturated heterocycles. The maximum atomic E-state index is 12.7. The van der Waals surface area contributed by atoms with Crippen LogP contribution < -0.4 is 5.32 Å². The monoisotopic (exact) mass is 444 g/mol. The quantitative estimate of drug-likeness (QED) is 0.621. The lowest BCUT2D eigenvalue weighted by Crippen LogP contribution is -2.42. The Bertz CT molecular complexity index is 839. The van der Waals surface area contributed by atoms with Crippen LogP contribution in [0.4, 0.5) is 0 Å². The molecule has 0 bridgehead atoms. The summed E-state index contributed by atoms with van der Waals surface area (Å²) in [6.07, 6.45) is 4.21. The SMILES string of the molecule is CCN(CC)S(=O)(=O)c1ccc(Cl)c(C(=O)OCC(=O)N[C@@H]2CCCC[C@H]2C)c1. The fourth-order valence-corrected chi connectivity index (χ4v) is 5.20. The summed E-state index contributed by atoms with van der Waals surface area (Å²) in [7, 11) is -3.74. The molecule has 0 unspecified atom stereocenters. The number of hydrogen-bond donors (Lipinski definition) is 1. The van der Waals surface area contributed by atoms with Gasteiger partial charge in [0.2, 0.25) is 10.0 Å². The van der Waals surface area contributed by atoms with E-state index in [0.29, 0.717) is 19.0 Å². The van der Waals surface area contributed by atoms with Crippen LogP contribution in [-0.2, 0) is 19.6 Å². The fourth-order valence-electron chi connectivity index (χ4n) is 3.52. The van der Waals surface area contributed by atoms with Crippen LogP contribution in [-0.4, -0.2) is 50.3 Å². The van der Waals surface area contributed by atoms with Crippen LogP contribution in [0.15, 0.2) is 23.1 Å². The number of rotatable bonds is 8. The van der Waals surface area contributed by atoms with Crippen LogP contribution in [0, 0.1) is 5.92 Å². The largest absolute Gasteiger partial charge is 0.452 e. The molecular weight excluding hydrogens is 416 g/mol. The van der Waals surface area contributed by atoms with Crippen LogP contribution in [0.3, 0.4) is 0 Å². The zero-order chi connectivity index (χ0) is 21.6. The number of halogens is 1. The number of hydrogen-bond acceptors (Lipinski definition) is 5. The van der Waals surface area contributed by atoms with E-state index in [1.807, 2.05) is 0 Å². The Labute approximate surface area is 177 Å². The second kappa shape index (κ2) is 10.4. The molecule has 0 spiro atoms. The molecule has 1 fully saturated rings. The number of nitrogens with zero attached hydrogens (tertiary/aromatic N) is 1. The first-order chi connectivity index (χ1) is 13.7. The average molecular weight is 445 g/mol. The van der Waals surface area contributed by atoms with E-state index >= 15 is 0 Å². The number of esters is 1. The third-order valence-electron chi connectivity index (χ3n) is 5.29. The van der Waals surface area contributed by atoms with E-state index in [4.69, 9.17) is 16.3 Å². The Balaban J connectivity index is 2.06. The number of carbonyl (C=O) groups excluding carboxylic acids is 2. The van der Waals surface area contributed by atoms with E-state index in [9.17, 15) is 18.0 Å². The molecule has 2 atom stereocenters. The lowest BCUT2D eigenvalue weighted by molar-refractivity contribution is -0.125. The molecule has 29 heavy (non-hydrogen) atoms. The van der Waals surface area contributed by atoms with Gasteiger partial charge in [-0.1, -0.05) is 45.2 Å². The van der Waals surface area contributed by atoms with Crippen molar-refractivity contribution in [2.75, 3.05) is 19.7 Å². The summed E-state index contributed by atoms with van der Waals surface area (Å²) in [6.45, 7) is 5.74. The van der Waals surface area contributed by atoms with Crippen molar-refractivity contribution in [3.63, 3.8) is 0 Å². The topological polar surface area (TPSA) is 92.8 Å². The summed E-state index contributed by atoms with van der Waals surface area (Å²) in [5.74, 6) is -0.821. The summed E-state index contributed by atoms with van der Waals surface area (Å²) in [5, 5.41) is 2.97. The number of benzene rings is 1. The van der Waals surface area contributed by atoms with E-state index in [1.165, 1.54) is 22.5 Å². The summed E-state index contributed by atoms with van der Waals surface area (Å²) in [5.41, 5.74) is -0.0845. The van der Waals surface area contributed by atoms with Gasteiger partial charge >= 0.3 is 5.97 Å². The first kappa shape index (κ1) is 23.6. The van der Waals surface area contributed by atoms with Crippen molar-refractivity contribution in [2.45, 2.75) is 57.4 Å². The molecule has 1 aromatic rings. The highest BCUT2D eigenvalue weighted by Gasteiger charge is 2.26. The molecule has 1 aliphatic carbocycles. The number of carbonyl (C=O) groups is 2. The third-order valence-corrected chi connectivity index (χ3v) is 7.67. The lowest BCUT2D eigenvalue weighted by atomic mass is 9.86. The van der Waals surface area contributed by atoms with Gasteiger partial charge in [-0.25, -0.2) is 13.2 Å². The van der Waals surface area contributed by atoms with Crippen LogP contribution in [0.25, 0.3) is 0 Å². The summed E-state index contributed by atoms with van der Waals surface area (Å²) < 4.78 is 31.7. The van der Waals surface area contributed by atoms with Crippen molar-refractivity contribution in [3.05, 3.63) is 28.8 Å². The molecule has 1 aromatic carbocycles. The molecule has 1 amide bonds. The van der Waals surface area contributed by atoms with Crippen LogP contribution >= 0.6 is 11.6 Å². The standard InChI is InChI=1S/C20H29ClN2O5S/c1-4-23(5-2)29(26,27)15-10-11-17(21)16(12-15)20(25)28-13-19(24)22-18-9-7-6-8-14(18)3/h10-12,14,18H,4-9,13H2,1-3H3,(H,22,24)/t14-,18-/m1/s1. The van der Waals surface area contributed by atoms with Gasteiger partial charge in [-0.2, -0.15) is 4.31 Å². The molecule has 0 radical (unpaired) electrons. The Morgan fingerprint density at radius 3 is 2.48 bits per heavy atom. The Morgan fingerprint density at radius 1 is 1.21 bits per heavy atom. The average Bonchev–Trinajstić information content (AvgIpc) is 2.69. The van der Waals surface area contributed by atoms with E-state index in [-0.39, 0.29) is 27.4 Å². The van der Waals surface area contributed by atoms with Crippen LogP contribution in [0.1, 0.15) is 56.8 Å². The first-order valence-corrected chi connectivity index (χ1v) is 11.8. The van der Waals surface area contributed by atoms with Crippen molar-refractivity contribution in [1.29, 1.82) is 0 Å². The summed E-state index contributed by atoms with van der Waals surface area (Å²) in [6, 6.07) is 3.97. The first-order valence-electron chi connectivity index (χ1n) is 9.96. The van der Waals surface area contributed by atoms with Gasteiger partial charge in [-0.3, -0.25) is 4.79 Å². The normalized spacial score (nSPS) is 19.8. The predicted molar refractivity (Wildman–Crippen MR) is 111 cm³/mol. The van der Waals surface area contributed by atoms with Crippen LogP contribution in [0.2, 0.25) is 5.02 Å². The van der Waals surface area contributed by atoms with Gasteiger partial charge in [0.05, 0.1) is 15.5 Å². The summed E-state index contributed by atoms with van der Waals surface area (Å²) in [4.78, 5) is 24.5. The zero-order valence-electron chi connectivity index (χ0n) is 17.1. The molecule has 9 heteroatoms. The van der Waals surface area contributed by atoms with Crippen molar-refractivity contribution in [2.24, 2.45) is 5.92 Å². The van der Waals surface area contributed by atoms with Gasteiger partial charge < -0.3 is 10.1 Å². The van der Waals surface area contributed by atoms with Crippen molar-refractivity contribution < 1.29 is 22.7 Å². The van der Waals surface area contributed by atoms with E-state index < -0.39 is 22.6 Å². The lowest BCUT2D eigenvalue weighted by Gasteiger charge is -2.29. The van der Waals surface area contributed by atoms with Gasteiger partial charge in [0.15, 0.2) is 6.61 Å². The Kier molecular flexibility index (Phi) is 8.48. The van der Waals surface area contributed by atoms with Gasteiger partial charge in [-0.15, -0.1) is 0 Å². The maximum absolute atomic E-state index is 12.7.